The van der Waals surface area contributed by atoms with E-state index in [4.69, 9.17) is 4.84 Å². The van der Waals surface area contributed by atoms with Crippen LogP contribution in [0.1, 0.15) is 114 Å². The molecule has 0 radical (unpaired) electrons. The first-order valence-corrected chi connectivity index (χ1v) is 31.1. The number of unbranched alkanes of at least 4 members (excludes halogenated alkanes) is 10. The number of rotatable bonds is 18. The van der Waals surface area contributed by atoms with Gasteiger partial charge in [-0.2, -0.15) is 0 Å². The van der Waals surface area contributed by atoms with Gasteiger partial charge in [0.05, 0.1) is 17.0 Å². The molecule has 0 spiro atoms. The Morgan fingerprint density at radius 1 is 0.461 bits per heavy atom. The van der Waals surface area contributed by atoms with Crippen molar-refractivity contribution in [3.8, 4) is 22.3 Å². The highest BCUT2D eigenvalue weighted by molar-refractivity contribution is 6.61. The molecule has 0 aromatic heterocycles. The molecule has 0 saturated carbocycles. The van der Waals surface area contributed by atoms with Crippen LogP contribution in [0, 0.1) is 0 Å². The molecule has 1 amide bonds. The Bertz CT molecular complexity index is 4970. The van der Waals surface area contributed by atoms with Crippen molar-refractivity contribution in [3.05, 3.63) is 194 Å². The summed E-state index contributed by atoms with van der Waals surface area (Å²) < 4.78 is 0. The van der Waals surface area contributed by atoms with Crippen LogP contribution in [0.15, 0.2) is 167 Å². The second-order valence-electron chi connectivity index (χ2n) is 23.8. The number of ketones is 2. The fraction of sp³-hybridized carbons (Fsp3) is 0.284. The summed E-state index contributed by atoms with van der Waals surface area (Å²) in [5.74, 6) is 12.5. The molecule has 4 bridgehead atoms. The third-order valence-corrected chi connectivity index (χ3v) is 18.8. The van der Waals surface area contributed by atoms with Gasteiger partial charge in [0.25, 0.3) is 5.91 Å². The molecule has 5 N–H and O–H groups in total. The lowest BCUT2D eigenvalue weighted by atomic mass is 9.70. The van der Waals surface area contributed by atoms with Gasteiger partial charge in [0, 0.05) is 92.2 Å². The average molecular weight is 1180 g/mol. The first-order valence-electron chi connectivity index (χ1n) is 31.1. The molecule has 442 valence electrons. The zero-order valence-corrected chi connectivity index (χ0v) is 50.8. The van der Waals surface area contributed by atoms with E-state index in [1.54, 1.807) is 58.5 Å². The molecule has 8 aliphatic carbocycles. The molecule has 0 fully saturated rings. The number of nitrogens with one attached hydrogen (secondary N) is 1. The summed E-state index contributed by atoms with van der Waals surface area (Å²) in [6.07, 6.45) is 14.3. The van der Waals surface area contributed by atoms with Crippen molar-refractivity contribution >= 4 is 99.6 Å². The fourth-order valence-corrected chi connectivity index (χ4v) is 15.0. The monoisotopic (exact) mass is 1180 g/mol. The second-order valence-corrected chi connectivity index (χ2v) is 23.8. The minimum atomic E-state index is -2.10. The van der Waals surface area contributed by atoms with Gasteiger partial charge in [0.1, 0.15) is 0 Å². The summed E-state index contributed by atoms with van der Waals surface area (Å²) in [7, 11) is 2.36. The van der Waals surface area contributed by atoms with Crippen molar-refractivity contribution in [1.82, 2.24) is 5.48 Å². The Kier molecular flexibility index (Phi) is 16.3. The summed E-state index contributed by atoms with van der Waals surface area (Å²) in [6.45, 7) is 2.53. The molecule has 13 rings (SSSR count). The normalized spacial score (nSPS) is 17.3. The Hall–Kier alpha value is -8.92. The smallest absolute Gasteiger partial charge is 0.423 e. The maximum Gasteiger partial charge on any atom is 0.489 e. The average Bonchev–Trinajstić information content (AvgIpc) is 1.57. The van der Waals surface area contributed by atoms with E-state index < -0.39 is 20.1 Å². The third-order valence-electron chi connectivity index (χ3n) is 18.8. The molecule has 0 heterocycles. The molecule has 0 saturated heterocycles. The zero-order chi connectivity index (χ0) is 61.8. The van der Waals surface area contributed by atoms with E-state index in [1.165, 1.54) is 44.9 Å². The molecule has 0 atom stereocenters. The van der Waals surface area contributed by atoms with Crippen molar-refractivity contribution in [2.24, 2.45) is 20.0 Å². The Morgan fingerprint density at radius 2 is 0.876 bits per heavy atom. The van der Waals surface area contributed by atoms with Gasteiger partial charge in [-0.25, -0.2) is 25.4 Å². The summed E-state index contributed by atoms with van der Waals surface area (Å²) in [6, 6.07) is 28.2. The summed E-state index contributed by atoms with van der Waals surface area (Å²) in [5, 5.41) is 52.7. The van der Waals surface area contributed by atoms with E-state index in [0.717, 1.165) is 125 Å². The Morgan fingerprint density at radius 3 is 1.30 bits per heavy atom. The van der Waals surface area contributed by atoms with Crippen LogP contribution in [-0.2, 0) is 14.4 Å². The number of carbonyl (C=O) groups is 3. The van der Waals surface area contributed by atoms with Crippen molar-refractivity contribution in [1.29, 1.82) is 0 Å². The van der Waals surface area contributed by atoms with Crippen LogP contribution in [0.2, 0.25) is 0 Å². The number of Topliss-reactive ketones (excluding diaryl/α,β-unsaturated/α-hetero) is 2. The highest BCUT2D eigenvalue weighted by Crippen LogP contribution is 2.58. The number of allylic oxidation sites excluding steroid dienone is 10. The first kappa shape index (κ1) is 59.1. The molecule has 5 aromatic carbocycles. The van der Waals surface area contributed by atoms with Crippen LogP contribution < -0.4 is 58.2 Å². The van der Waals surface area contributed by atoms with E-state index >= 15 is 0 Å². The van der Waals surface area contributed by atoms with Gasteiger partial charge >= 0.3 is 14.2 Å². The molecular formula is C74H67B2N5O8. The van der Waals surface area contributed by atoms with Crippen LogP contribution in [0.3, 0.4) is 0 Å². The summed E-state index contributed by atoms with van der Waals surface area (Å²) >= 11 is 0. The van der Waals surface area contributed by atoms with Gasteiger partial charge in [-0.15, -0.1) is 0 Å². The Labute approximate surface area is 516 Å². The first-order chi connectivity index (χ1) is 43.4. The highest BCUT2D eigenvalue weighted by atomic mass is 16.6. The minimum Gasteiger partial charge on any atom is -0.423 e. The van der Waals surface area contributed by atoms with Crippen molar-refractivity contribution in [2.45, 2.75) is 103 Å². The third kappa shape index (κ3) is 9.79. The molecule has 0 aliphatic heterocycles. The lowest BCUT2D eigenvalue weighted by Gasteiger charge is -2.31. The van der Waals surface area contributed by atoms with Crippen LogP contribution in [0.4, 0.5) is 0 Å². The predicted molar refractivity (Wildman–Crippen MR) is 352 cm³/mol. The van der Waals surface area contributed by atoms with E-state index in [0.29, 0.717) is 63.5 Å². The predicted octanol–water partition coefficient (Wildman–Crippen LogP) is 3.05. The highest BCUT2D eigenvalue weighted by Gasteiger charge is 2.48. The van der Waals surface area contributed by atoms with E-state index in [2.05, 4.69) is 80.1 Å². The number of hydroxylamine groups is 1. The number of benzene rings is 5. The van der Waals surface area contributed by atoms with E-state index in [1.807, 2.05) is 36.4 Å². The largest absolute Gasteiger partial charge is 0.489 e. The number of amides is 1. The van der Waals surface area contributed by atoms with Gasteiger partial charge in [0.2, 0.25) is 0 Å². The summed E-state index contributed by atoms with van der Waals surface area (Å²) in [5.41, 5.74) is 17.9. The van der Waals surface area contributed by atoms with Gasteiger partial charge in [-0.3, -0.25) is 19.2 Å². The standard InChI is InChI=1S/C74H67B2N5O8/c1-6-7-8-9-10-11-12-13-14-15-20-31-89-81-74(84)41-25-26-48(62-56(39-79-4)49(27-29-58(62)75(85)86)68-64-44-21-16-18-23-46(44)70(68)72-54(64)33-42(37-77-2)51-35-60(82)66(51)72)53(32-41)63-57(40-80-5)50(28-30-59(63)76(87)88)69-65-45-22-17-19-24-47(45)71(69)73-55(65)34-43(38-78-3)52-36-61(83)67(52)73/h16-19,21-30,32,85-88H,6-15,20,31,33-36H2,1-5H3,(H,81,84). The van der Waals surface area contributed by atoms with E-state index in [9.17, 15) is 34.5 Å². The number of hydrogen-bond acceptors (Lipinski definition) is 12. The molecule has 8 aliphatic rings. The van der Waals surface area contributed by atoms with Gasteiger partial charge in [-0.1, -0.05) is 150 Å². The van der Waals surface area contributed by atoms with Crippen molar-refractivity contribution in [3.63, 3.8) is 0 Å². The Balaban J connectivity index is 1.03. The number of nitrogens with zero attached hydrogens (tertiary/aromatic N) is 4. The molecule has 13 nitrogen and oxygen atoms in total. The minimum absolute atomic E-state index is 0.0302. The molecule has 15 heteroatoms. The lowest BCUT2D eigenvalue weighted by molar-refractivity contribution is -0.117. The molecule has 89 heavy (non-hydrogen) atoms. The quantitative estimate of drug-likeness (QED) is 0.0382. The lowest BCUT2D eigenvalue weighted by Crippen LogP contribution is -2.43. The number of fused-ring (bicyclic) bond motifs is 12. The fourth-order valence-electron chi connectivity index (χ4n) is 15.0. The van der Waals surface area contributed by atoms with Crippen LogP contribution in [0.5, 0.6) is 0 Å². The number of carbonyl (C=O) groups excluding carboxylic acids is 3. The molecule has 0 unspecified atom stereocenters. The van der Waals surface area contributed by atoms with Crippen LogP contribution >= 0.6 is 0 Å². The van der Waals surface area contributed by atoms with Crippen LogP contribution in [0.25, 0.3) is 55.7 Å². The van der Waals surface area contributed by atoms with Crippen molar-refractivity contribution in [2.75, 3.05) is 34.8 Å². The maximum atomic E-state index is 14.6. The summed E-state index contributed by atoms with van der Waals surface area (Å²) in [4.78, 5) is 65.9. The number of aliphatic imine (C=N–C) groups is 4. The second kappa shape index (κ2) is 24.6. The van der Waals surface area contributed by atoms with Gasteiger partial charge in [-0.05, 0) is 163 Å². The van der Waals surface area contributed by atoms with Crippen LogP contribution in [-0.4, -0.2) is 110 Å². The molecular weight excluding hydrogens is 1110 g/mol. The number of hydrogen-bond donors (Lipinski definition) is 5. The zero-order valence-electron chi connectivity index (χ0n) is 50.8. The maximum absolute atomic E-state index is 14.6. The van der Waals surface area contributed by atoms with Gasteiger partial charge in [0.15, 0.2) is 11.6 Å². The SMILES string of the molecule is CCCCCCCCCCCCCONC(=O)c1ccc(-c2c(B(O)O)ccc(=C3C4=c5ccccc5=C3C3=C4CC(=C=NC)C4=C3C(=O)C4)c2=C=NC)c(-c2c(B(O)O)ccc(=C3C4=c5ccccc5=C3C3=C4CC(=C=NC)C4=C3C(=O)C4)c2=C=NC)c1. The van der Waals surface area contributed by atoms with Gasteiger partial charge < -0.3 is 20.1 Å². The molecule has 5 aromatic rings. The topological polar surface area (TPSA) is 203 Å². The van der Waals surface area contributed by atoms with E-state index in [-0.39, 0.29) is 51.2 Å². The van der Waals surface area contributed by atoms with Crippen molar-refractivity contribution < 1.29 is 39.3 Å².